The summed E-state index contributed by atoms with van der Waals surface area (Å²) in [5.74, 6) is -0.413. The zero-order valence-corrected chi connectivity index (χ0v) is 12.2. The predicted octanol–water partition coefficient (Wildman–Crippen LogP) is 3.00. The zero-order chi connectivity index (χ0) is 15.8. The number of rotatable bonds is 2. The van der Waals surface area contributed by atoms with Gasteiger partial charge in [-0.15, -0.1) is 0 Å². The first kappa shape index (κ1) is 15.9. The van der Waals surface area contributed by atoms with Gasteiger partial charge in [0.15, 0.2) is 0 Å². The van der Waals surface area contributed by atoms with Crippen LogP contribution in [0, 0.1) is 11.8 Å². The lowest BCUT2D eigenvalue weighted by molar-refractivity contribution is -0.145. The number of halogens is 4. The van der Waals surface area contributed by atoms with E-state index in [-0.39, 0.29) is 28.6 Å². The highest BCUT2D eigenvalue weighted by Crippen LogP contribution is 2.36. The molecule has 4 nitrogen and oxygen atoms in total. The van der Waals surface area contributed by atoms with Crippen molar-refractivity contribution in [2.75, 3.05) is 25.1 Å². The first-order valence-electron chi connectivity index (χ1n) is 6.29. The van der Waals surface area contributed by atoms with Crippen molar-refractivity contribution in [3.05, 3.63) is 22.8 Å². The van der Waals surface area contributed by atoms with Crippen LogP contribution in [0.25, 0.3) is 0 Å². The molecule has 0 amide bonds. The number of methoxy groups -OCH3 is 1. The first-order valence-corrected chi connectivity index (χ1v) is 6.67. The molecule has 116 valence electrons. The molecule has 2 unspecified atom stereocenters. The normalized spacial score (nSPS) is 22.5. The molecule has 0 N–H and O–H groups in total. The Morgan fingerprint density at radius 2 is 2.14 bits per heavy atom. The molecule has 0 spiro atoms. The van der Waals surface area contributed by atoms with E-state index in [1.54, 1.807) is 4.90 Å². The molecule has 1 aromatic heterocycles. The maximum Gasteiger partial charge on any atom is 0.417 e. The van der Waals surface area contributed by atoms with Crippen LogP contribution in [0.2, 0.25) is 5.02 Å². The topological polar surface area (TPSA) is 42.4 Å². The maximum atomic E-state index is 12.6. The molecule has 0 aromatic carbocycles. The van der Waals surface area contributed by atoms with E-state index >= 15 is 0 Å². The van der Waals surface area contributed by atoms with Crippen molar-refractivity contribution in [2.24, 2.45) is 11.8 Å². The third-order valence-electron chi connectivity index (χ3n) is 3.56. The first-order chi connectivity index (χ1) is 9.74. The van der Waals surface area contributed by atoms with Crippen LogP contribution < -0.4 is 4.90 Å². The molecule has 2 rings (SSSR count). The fraction of sp³-hybridized carbons (Fsp3) is 0.538. The SMILES string of the molecule is COC(=O)C1CN(c2ncc(C(F)(F)F)cc2Cl)CC1C. The minimum Gasteiger partial charge on any atom is -0.469 e. The van der Waals surface area contributed by atoms with Gasteiger partial charge in [0.25, 0.3) is 0 Å². The molecule has 1 fully saturated rings. The molecular formula is C13H14ClF3N2O2. The largest absolute Gasteiger partial charge is 0.469 e. The van der Waals surface area contributed by atoms with E-state index in [9.17, 15) is 18.0 Å². The molecule has 1 saturated heterocycles. The molecule has 8 heteroatoms. The van der Waals surface area contributed by atoms with Crippen LogP contribution in [-0.2, 0) is 15.7 Å². The van der Waals surface area contributed by atoms with E-state index < -0.39 is 11.7 Å². The van der Waals surface area contributed by atoms with Gasteiger partial charge in [-0.2, -0.15) is 13.2 Å². The lowest BCUT2D eigenvalue weighted by Crippen LogP contribution is -2.25. The monoisotopic (exact) mass is 322 g/mol. The van der Waals surface area contributed by atoms with Gasteiger partial charge in [0.2, 0.25) is 0 Å². The predicted molar refractivity (Wildman–Crippen MR) is 71.1 cm³/mol. The molecule has 0 saturated carbocycles. The van der Waals surface area contributed by atoms with Crippen molar-refractivity contribution in [3.63, 3.8) is 0 Å². The number of hydrogen-bond acceptors (Lipinski definition) is 4. The second-order valence-corrected chi connectivity index (χ2v) is 5.45. The Balaban J connectivity index is 2.22. The smallest absolute Gasteiger partial charge is 0.417 e. The van der Waals surface area contributed by atoms with Crippen LogP contribution in [0.15, 0.2) is 12.3 Å². The highest BCUT2D eigenvalue weighted by atomic mass is 35.5. The van der Waals surface area contributed by atoms with Gasteiger partial charge in [-0.1, -0.05) is 18.5 Å². The quantitative estimate of drug-likeness (QED) is 0.785. The van der Waals surface area contributed by atoms with E-state index in [1.165, 1.54) is 7.11 Å². The Morgan fingerprint density at radius 1 is 1.48 bits per heavy atom. The summed E-state index contributed by atoms with van der Waals surface area (Å²) in [6.07, 6.45) is -3.74. The number of carbonyl (C=O) groups excluding carboxylic acids is 1. The average molecular weight is 323 g/mol. The standard InChI is InChI=1S/C13H14ClF3N2O2/c1-7-5-19(6-9(7)12(20)21-2)11-10(14)3-8(4-18-11)13(15,16)17/h3-4,7,9H,5-6H2,1-2H3. The maximum absolute atomic E-state index is 12.6. The number of pyridine rings is 1. The van der Waals surface area contributed by atoms with Crippen LogP contribution in [0.5, 0.6) is 0 Å². The molecule has 0 radical (unpaired) electrons. The van der Waals surface area contributed by atoms with Crippen molar-refractivity contribution < 1.29 is 22.7 Å². The summed E-state index contributed by atoms with van der Waals surface area (Å²) in [5, 5.41) is -0.0810. The van der Waals surface area contributed by atoms with Crippen LogP contribution in [-0.4, -0.2) is 31.2 Å². The van der Waals surface area contributed by atoms with Crippen molar-refractivity contribution in [2.45, 2.75) is 13.1 Å². The van der Waals surface area contributed by atoms with E-state index in [0.717, 1.165) is 12.3 Å². The number of aromatic nitrogens is 1. The van der Waals surface area contributed by atoms with Gasteiger partial charge in [-0.05, 0) is 12.0 Å². The van der Waals surface area contributed by atoms with Crippen molar-refractivity contribution in [3.8, 4) is 0 Å². The summed E-state index contributed by atoms with van der Waals surface area (Å²) >= 11 is 5.90. The minimum absolute atomic E-state index is 0.0117. The molecule has 2 heterocycles. The summed E-state index contributed by atoms with van der Waals surface area (Å²) in [6, 6.07) is 0.847. The van der Waals surface area contributed by atoms with Crippen LogP contribution in [0.4, 0.5) is 19.0 Å². The van der Waals surface area contributed by atoms with E-state index in [4.69, 9.17) is 16.3 Å². The van der Waals surface area contributed by atoms with E-state index in [2.05, 4.69) is 4.98 Å². The highest BCUT2D eigenvalue weighted by molar-refractivity contribution is 6.33. The van der Waals surface area contributed by atoms with Crippen molar-refractivity contribution in [1.82, 2.24) is 4.98 Å². The van der Waals surface area contributed by atoms with Crippen LogP contribution in [0.1, 0.15) is 12.5 Å². The van der Waals surface area contributed by atoms with Gasteiger partial charge < -0.3 is 9.64 Å². The average Bonchev–Trinajstić information content (AvgIpc) is 2.78. The van der Waals surface area contributed by atoms with E-state index in [1.807, 2.05) is 6.92 Å². The van der Waals surface area contributed by atoms with Gasteiger partial charge in [0, 0.05) is 19.3 Å². The lowest BCUT2D eigenvalue weighted by Gasteiger charge is -2.19. The third kappa shape index (κ3) is 3.23. The Labute approximate surface area is 124 Å². The third-order valence-corrected chi connectivity index (χ3v) is 3.84. The second-order valence-electron chi connectivity index (χ2n) is 5.04. The summed E-state index contributed by atoms with van der Waals surface area (Å²) < 4.78 is 42.5. The van der Waals surface area contributed by atoms with Gasteiger partial charge in [0.05, 0.1) is 23.6 Å². The fourth-order valence-corrected chi connectivity index (χ4v) is 2.70. The summed E-state index contributed by atoms with van der Waals surface area (Å²) in [5.41, 5.74) is -0.895. The number of carbonyl (C=O) groups is 1. The van der Waals surface area contributed by atoms with Gasteiger partial charge >= 0.3 is 12.1 Å². The van der Waals surface area contributed by atoms with Gasteiger partial charge in [-0.3, -0.25) is 4.79 Å². The Kier molecular flexibility index (Phi) is 4.32. The summed E-state index contributed by atoms with van der Waals surface area (Å²) in [4.78, 5) is 17.1. The summed E-state index contributed by atoms with van der Waals surface area (Å²) in [6.45, 7) is 2.68. The van der Waals surface area contributed by atoms with Crippen molar-refractivity contribution in [1.29, 1.82) is 0 Å². The number of hydrogen-bond donors (Lipinski definition) is 0. The number of esters is 1. The number of ether oxygens (including phenoxy) is 1. The molecule has 0 bridgehead atoms. The van der Waals surface area contributed by atoms with Crippen molar-refractivity contribution >= 4 is 23.4 Å². The summed E-state index contributed by atoms with van der Waals surface area (Å²) in [7, 11) is 1.31. The molecule has 0 aliphatic carbocycles. The molecular weight excluding hydrogens is 309 g/mol. The Morgan fingerprint density at radius 3 is 2.67 bits per heavy atom. The van der Waals surface area contributed by atoms with E-state index in [0.29, 0.717) is 13.1 Å². The number of anilines is 1. The lowest BCUT2D eigenvalue weighted by atomic mass is 9.99. The molecule has 2 atom stereocenters. The molecule has 21 heavy (non-hydrogen) atoms. The van der Waals surface area contributed by atoms with Gasteiger partial charge in [-0.25, -0.2) is 4.98 Å². The molecule has 1 aromatic rings. The van der Waals surface area contributed by atoms with Crippen LogP contribution >= 0.6 is 11.6 Å². The second kappa shape index (κ2) is 5.71. The number of nitrogens with zero attached hydrogens (tertiary/aromatic N) is 2. The zero-order valence-electron chi connectivity index (χ0n) is 11.4. The molecule has 1 aliphatic heterocycles. The van der Waals surface area contributed by atoms with Crippen LogP contribution in [0.3, 0.4) is 0 Å². The number of alkyl halides is 3. The Bertz CT molecular complexity index is 551. The highest BCUT2D eigenvalue weighted by Gasteiger charge is 2.38. The van der Waals surface area contributed by atoms with Gasteiger partial charge in [0.1, 0.15) is 5.82 Å². The fourth-order valence-electron chi connectivity index (χ4n) is 2.42. The minimum atomic E-state index is -4.48. The Hall–Kier alpha value is -1.50. The molecule has 1 aliphatic rings.